The molecule has 0 aliphatic carbocycles. The molecular weight excluding hydrogens is 325 g/mol. The first-order chi connectivity index (χ1) is 10.2. The zero-order chi connectivity index (χ0) is 16.3. The van der Waals surface area contributed by atoms with Gasteiger partial charge in [-0.05, 0) is 39.0 Å². The van der Waals surface area contributed by atoms with Gasteiger partial charge in [0.1, 0.15) is 17.5 Å². The van der Waals surface area contributed by atoms with E-state index >= 15 is 0 Å². The summed E-state index contributed by atoms with van der Waals surface area (Å²) >= 11 is 12.0. The molecule has 6 heteroatoms. The Bertz CT molecular complexity index is 535. The molecule has 0 spiro atoms. The summed E-state index contributed by atoms with van der Waals surface area (Å²) < 4.78 is 11.3. The zero-order valence-electron chi connectivity index (χ0n) is 13.1. The summed E-state index contributed by atoms with van der Waals surface area (Å²) in [5.74, 6) is 0.627. The number of piperidine rings is 1. The molecule has 0 unspecified atom stereocenters. The van der Waals surface area contributed by atoms with Crippen LogP contribution in [0.4, 0.5) is 4.79 Å². The molecule has 0 aromatic heterocycles. The first kappa shape index (κ1) is 17.2. The molecule has 1 aromatic carbocycles. The van der Waals surface area contributed by atoms with Gasteiger partial charge in [-0.25, -0.2) is 4.79 Å². The molecule has 1 heterocycles. The van der Waals surface area contributed by atoms with Crippen molar-refractivity contribution in [3.05, 3.63) is 28.2 Å². The minimum absolute atomic E-state index is 0.0392. The van der Waals surface area contributed by atoms with Crippen molar-refractivity contribution in [1.82, 2.24) is 4.90 Å². The number of benzene rings is 1. The van der Waals surface area contributed by atoms with Crippen LogP contribution in [0.3, 0.4) is 0 Å². The maximum absolute atomic E-state index is 12.0. The summed E-state index contributed by atoms with van der Waals surface area (Å²) in [4.78, 5) is 13.7. The topological polar surface area (TPSA) is 38.8 Å². The number of carbonyl (C=O) groups excluding carboxylic acids is 1. The zero-order valence-corrected chi connectivity index (χ0v) is 14.6. The fourth-order valence-electron chi connectivity index (χ4n) is 2.23. The summed E-state index contributed by atoms with van der Waals surface area (Å²) in [6, 6.07) is 5.18. The highest BCUT2D eigenvalue weighted by molar-refractivity contribution is 6.35. The number of nitrogens with zero attached hydrogens (tertiary/aromatic N) is 1. The molecule has 0 saturated carbocycles. The largest absolute Gasteiger partial charge is 0.489 e. The second-order valence-electron chi connectivity index (χ2n) is 6.36. The highest BCUT2D eigenvalue weighted by Gasteiger charge is 2.27. The Morgan fingerprint density at radius 1 is 1.23 bits per heavy atom. The molecule has 2 rings (SSSR count). The van der Waals surface area contributed by atoms with Crippen molar-refractivity contribution in [2.75, 3.05) is 13.1 Å². The number of ether oxygens (including phenoxy) is 2. The van der Waals surface area contributed by atoms with Crippen LogP contribution in [0, 0.1) is 0 Å². The van der Waals surface area contributed by atoms with Crippen molar-refractivity contribution in [2.24, 2.45) is 0 Å². The maximum atomic E-state index is 12.0. The van der Waals surface area contributed by atoms with E-state index in [9.17, 15) is 4.79 Å². The molecule has 0 bridgehead atoms. The predicted molar refractivity (Wildman–Crippen MR) is 87.9 cm³/mol. The second-order valence-corrected chi connectivity index (χ2v) is 7.20. The number of halogens is 2. The number of hydrogen-bond acceptors (Lipinski definition) is 3. The molecule has 1 saturated heterocycles. The van der Waals surface area contributed by atoms with Gasteiger partial charge in [-0.2, -0.15) is 0 Å². The molecule has 1 fully saturated rings. The lowest BCUT2D eigenvalue weighted by molar-refractivity contribution is 0.0126. The van der Waals surface area contributed by atoms with Gasteiger partial charge in [-0.1, -0.05) is 23.2 Å². The Morgan fingerprint density at radius 2 is 1.86 bits per heavy atom. The van der Waals surface area contributed by atoms with Gasteiger partial charge in [0, 0.05) is 31.0 Å². The summed E-state index contributed by atoms with van der Waals surface area (Å²) in [5, 5.41) is 1.08. The Hall–Kier alpha value is -1.13. The Kier molecular flexibility index (Phi) is 5.45. The van der Waals surface area contributed by atoms with Gasteiger partial charge in [0.15, 0.2) is 0 Å². The fourth-order valence-corrected chi connectivity index (χ4v) is 2.69. The molecule has 1 aromatic rings. The molecule has 122 valence electrons. The van der Waals surface area contributed by atoms with Crippen LogP contribution in [0.15, 0.2) is 18.2 Å². The van der Waals surface area contributed by atoms with Crippen molar-refractivity contribution in [1.29, 1.82) is 0 Å². The van der Waals surface area contributed by atoms with Crippen LogP contribution >= 0.6 is 23.2 Å². The molecule has 1 aliphatic rings. The Labute approximate surface area is 141 Å². The van der Waals surface area contributed by atoms with E-state index < -0.39 is 5.60 Å². The highest BCUT2D eigenvalue weighted by atomic mass is 35.5. The summed E-state index contributed by atoms with van der Waals surface area (Å²) in [5.41, 5.74) is -0.471. The van der Waals surface area contributed by atoms with Crippen molar-refractivity contribution >= 4 is 29.3 Å². The number of likely N-dealkylation sites (tertiary alicyclic amines) is 1. The molecule has 0 atom stereocenters. The van der Waals surface area contributed by atoms with E-state index in [1.165, 1.54) is 0 Å². The van der Waals surface area contributed by atoms with Crippen LogP contribution in [0.25, 0.3) is 0 Å². The molecule has 4 nitrogen and oxygen atoms in total. The van der Waals surface area contributed by atoms with Crippen molar-refractivity contribution in [3.63, 3.8) is 0 Å². The lowest BCUT2D eigenvalue weighted by atomic mass is 10.1. The standard InChI is InChI=1S/C16H21Cl2NO3/c1-16(2,3)22-15(20)19-8-6-12(7-9-19)21-14-5-4-11(17)10-13(14)18/h4-5,10,12H,6-9H2,1-3H3. The number of carbonyl (C=O) groups is 1. The minimum atomic E-state index is -0.471. The van der Waals surface area contributed by atoms with Gasteiger partial charge in [-0.15, -0.1) is 0 Å². The van der Waals surface area contributed by atoms with Crippen LogP contribution in [0.1, 0.15) is 33.6 Å². The third-order valence-electron chi connectivity index (χ3n) is 3.28. The average molecular weight is 346 g/mol. The van der Waals surface area contributed by atoms with E-state index in [-0.39, 0.29) is 12.2 Å². The van der Waals surface area contributed by atoms with Gasteiger partial charge >= 0.3 is 6.09 Å². The van der Waals surface area contributed by atoms with Crippen LogP contribution in [-0.4, -0.2) is 35.8 Å². The summed E-state index contributed by atoms with van der Waals surface area (Å²) in [7, 11) is 0. The van der Waals surface area contributed by atoms with E-state index in [1.54, 1.807) is 23.1 Å². The van der Waals surface area contributed by atoms with E-state index in [1.807, 2.05) is 20.8 Å². The monoisotopic (exact) mass is 345 g/mol. The van der Waals surface area contributed by atoms with Crippen LogP contribution < -0.4 is 4.74 Å². The molecular formula is C16H21Cl2NO3. The van der Waals surface area contributed by atoms with E-state index in [2.05, 4.69) is 0 Å². The summed E-state index contributed by atoms with van der Waals surface area (Å²) in [6.45, 7) is 6.82. The lowest BCUT2D eigenvalue weighted by Gasteiger charge is -2.33. The van der Waals surface area contributed by atoms with Gasteiger partial charge in [0.2, 0.25) is 0 Å². The number of amides is 1. The highest BCUT2D eigenvalue weighted by Crippen LogP contribution is 2.30. The smallest absolute Gasteiger partial charge is 0.410 e. The third kappa shape index (κ3) is 4.96. The number of rotatable bonds is 2. The Morgan fingerprint density at radius 3 is 2.41 bits per heavy atom. The predicted octanol–water partition coefficient (Wildman–Crippen LogP) is 4.77. The maximum Gasteiger partial charge on any atom is 0.410 e. The molecule has 0 radical (unpaired) electrons. The fraction of sp³-hybridized carbons (Fsp3) is 0.562. The number of hydrogen-bond donors (Lipinski definition) is 0. The Balaban J connectivity index is 1.86. The van der Waals surface area contributed by atoms with Gasteiger partial charge in [0.25, 0.3) is 0 Å². The van der Waals surface area contributed by atoms with Crippen molar-refractivity contribution in [2.45, 2.75) is 45.3 Å². The van der Waals surface area contributed by atoms with Gasteiger partial charge in [-0.3, -0.25) is 0 Å². The molecule has 22 heavy (non-hydrogen) atoms. The molecule has 0 N–H and O–H groups in total. The van der Waals surface area contributed by atoms with Crippen molar-refractivity contribution < 1.29 is 14.3 Å². The van der Waals surface area contributed by atoms with Gasteiger partial charge in [0.05, 0.1) is 5.02 Å². The van der Waals surface area contributed by atoms with Crippen LogP contribution in [0.2, 0.25) is 10.0 Å². The first-order valence-corrected chi connectivity index (χ1v) is 8.10. The molecule has 1 amide bonds. The van der Waals surface area contributed by atoms with Crippen molar-refractivity contribution in [3.8, 4) is 5.75 Å². The van der Waals surface area contributed by atoms with E-state index in [0.29, 0.717) is 28.9 Å². The van der Waals surface area contributed by atoms with E-state index in [4.69, 9.17) is 32.7 Å². The third-order valence-corrected chi connectivity index (χ3v) is 3.81. The van der Waals surface area contributed by atoms with Crippen LogP contribution in [0.5, 0.6) is 5.75 Å². The minimum Gasteiger partial charge on any atom is -0.489 e. The lowest BCUT2D eigenvalue weighted by Crippen LogP contribution is -2.44. The second kappa shape index (κ2) is 6.97. The first-order valence-electron chi connectivity index (χ1n) is 7.34. The normalized spacial score (nSPS) is 16.5. The quantitative estimate of drug-likeness (QED) is 0.774. The SMILES string of the molecule is CC(C)(C)OC(=O)N1CCC(Oc2ccc(Cl)cc2Cl)CC1. The van der Waals surface area contributed by atoms with Gasteiger partial charge < -0.3 is 14.4 Å². The molecule has 1 aliphatic heterocycles. The summed E-state index contributed by atoms with van der Waals surface area (Å²) in [6.07, 6.45) is 1.27. The average Bonchev–Trinajstić information content (AvgIpc) is 2.41. The van der Waals surface area contributed by atoms with E-state index in [0.717, 1.165) is 12.8 Å². The van der Waals surface area contributed by atoms with Crippen LogP contribution in [-0.2, 0) is 4.74 Å².